The molecule has 1 aromatic heterocycles. The number of carbonyl (C=O) groups excluding carboxylic acids is 1. The molecule has 0 bridgehead atoms. The van der Waals surface area contributed by atoms with Gasteiger partial charge in [-0.25, -0.2) is 4.99 Å². The van der Waals surface area contributed by atoms with Crippen molar-refractivity contribution in [2.45, 2.75) is 19.6 Å². The Morgan fingerprint density at radius 3 is 2.47 bits per heavy atom. The van der Waals surface area contributed by atoms with E-state index >= 15 is 0 Å². The molecule has 3 aromatic rings. The Hall–Kier alpha value is -4.88. The number of hydrogen-bond donors (Lipinski definition) is 3. The van der Waals surface area contributed by atoms with E-state index in [4.69, 9.17) is 10.1 Å². The summed E-state index contributed by atoms with van der Waals surface area (Å²) in [5.41, 5.74) is 1.15. The van der Waals surface area contributed by atoms with Crippen molar-refractivity contribution >= 4 is 29.2 Å². The number of rotatable bonds is 7. The van der Waals surface area contributed by atoms with Gasteiger partial charge in [-0.05, 0) is 55.4 Å². The van der Waals surface area contributed by atoms with E-state index in [0.717, 1.165) is 19.2 Å². The summed E-state index contributed by atoms with van der Waals surface area (Å²) in [7, 11) is 3.66. The lowest BCUT2D eigenvalue weighted by Crippen LogP contribution is -2.44. The standard InChI is InChI=1S/C32H33F3N8O2/c1-20-4-7-24(17-27(20)45-31-25(18-37-2)28(36)40-29(41-31)21-8-10-38-11-9-21)39-30(44)22-5-6-23(26(16-22)32(33,34)35)19-43-14-12-42(3)13-15-43/h4-11,16-18,36-37H,12-15,19H2,1-3H3,(H,39,44)/b25-18+,36-28?. The molecule has 0 radical (unpaired) electrons. The lowest BCUT2D eigenvalue weighted by molar-refractivity contribution is -0.138. The Labute approximate surface area is 258 Å². The highest BCUT2D eigenvalue weighted by atomic mass is 19.4. The van der Waals surface area contributed by atoms with Gasteiger partial charge in [-0.3, -0.25) is 20.1 Å². The van der Waals surface area contributed by atoms with Gasteiger partial charge in [-0.2, -0.15) is 18.2 Å². The second-order valence-corrected chi connectivity index (χ2v) is 10.8. The smallest absolute Gasteiger partial charge is 0.416 e. The molecule has 0 aliphatic carbocycles. The van der Waals surface area contributed by atoms with Crippen molar-refractivity contribution in [3.8, 4) is 5.75 Å². The first kappa shape index (κ1) is 31.5. The third-order valence-corrected chi connectivity index (χ3v) is 7.46. The van der Waals surface area contributed by atoms with Crippen molar-refractivity contribution in [3.05, 3.63) is 101 Å². The van der Waals surface area contributed by atoms with E-state index in [9.17, 15) is 18.0 Å². The van der Waals surface area contributed by atoms with Crippen LogP contribution in [0.1, 0.15) is 32.6 Å². The molecule has 0 saturated carbocycles. The number of halogens is 3. The fourth-order valence-electron chi connectivity index (χ4n) is 4.89. The predicted octanol–water partition coefficient (Wildman–Crippen LogP) is 4.73. The second kappa shape index (κ2) is 13.4. The van der Waals surface area contributed by atoms with Gasteiger partial charge in [-0.15, -0.1) is 0 Å². The first-order valence-corrected chi connectivity index (χ1v) is 14.3. The van der Waals surface area contributed by atoms with Crippen molar-refractivity contribution in [1.29, 1.82) is 5.41 Å². The van der Waals surface area contributed by atoms with E-state index in [1.165, 1.54) is 12.1 Å². The maximum absolute atomic E-state index is 14.1. The minimum absolute atomic E-state index is 0.0696. The fraction of sp³-hybridized carbons (Fsp3) is 0.281. The normalized spacial score (nSPS) is 17.1. The van der Waals surface area contributed by atoms with Gasteiger partial charge in [0.2, 0.25) is 5.90 Å². The Balaban J connectivity index is 1.37. The topological polar surface area (TPSA) is 118 Å². The Kier molecular flexibility index (Phi) is 9.40. The number of aromatic nitrogens is 1. The number of aliphatic imine (C=N–C) groups is 2. The van der Waals surface area contributed by atoms with Crippen LogP contribution < -0.4 is 15.4 Å². The molecule has 0 unspecified atom stereocenters. The van der Waals surface area contributed by atoms with Crippen molar-refractivity contribution in [2.24, 2.45) is 9.98 Å². The second-order valence-electron chi connectivity index (χ2n) is 10.8. The molecule has 3 N–H and O–H groups in total. The molecule has 2 aliphatic heterocycles. The molecule has 5 rings (SSSR count). The van der Waals surface area contributed by atoms with Crippen LogP contribution in [0.2, 0.25) is 0 Å². The third kappa shape index (κ3) is 7.62. The summed E-state index contributed by atoms with van der Waals surface area (Å²) in [6.07, 6.45) is 0.103. The van der Waals surface area contributed by atoms with Crippen LogP contribution in [0.4, 0.5) is 18.9 Å². The maximum Gasteiger partial charge on any atom is 0.416 e. The van der Waals surface area contributed by atoms with Gasteiger partial charge in [0.05, 0.1) is 11.1 Å². The van der Waals surface area contributed by atoms with Crippen LogP contribution in [0.3, 0.4) is 0 Å². The highest BCUT2D eigenvalue weighted by molar-refractivity contribution is 6.30. The zero-order valence-electron chi connectivity index (χ0n) is 25.1. The predicted molar refractivity (Wildman–Crippen MR) is 167 cm³/mol. The molecular weight excluding hydrogens is 585 g/mol. The lowest BCUT2D eigenvalue weighted by Gasteiger charge is -2.33. The first-order chi connectivity index (χ1) is 21.5. The number of alkyl halides is 3. The van der Waals surface area contributed by atoms with Crippen LogP contribution in [-0.4, -0.2) is 78.5 Å². The van der Waals surface area contributed by atoms with Crippen molar-refractivity contribution in [2.75, 3.05) is 45.6 Å². The number of nitrogens with one attached hydrogen (secondary N) is 3. The number of nitrogens with zero attached hydrogens (tertiary/aromatic N) is 5. The SMILES string of the molecule is CN/C=C1\C(=N)N=C(c2ccncc2)N=C1Oc1cc(NC(=O)c2ccc(CN3CCN(C)CC3)c(C(F)(F)F)c2)ccc1C. The highest BCUT2D eigenvalue weighted by Crippen LogP contribution is 2.34. The monoisotopic (exact) mass is 618 g/mol. The van der Waals surface area contributed by atoms with Gasteiger partial charge in [-0.1, -0.05) is 12.1 Å². The number of hydrogen-bond acceptors (Lipinski definition) is 8. The van der Waals surface area contributed by atoms with Crippen LogP contribution in [-0.2, 0) is 12.7 Å². The van der Waals surface area contributed by atoms with Gasteiger partial charge in [0.25, 0.3) is 5.91 Å². The molecule has 0 spiro atoms. The van der Waals surface area contributed by atoms with Crippen molar-refractivity contribution in [3.63, 3.8) is 0 Å². The van der Waals surface area contributed by atoms with Gasteiger partial charge in [0.1, 0.15) is 5.75 Å². The summed E-state index contributed by atoms with van der Waals surface area (Å²) in [6.45, 7) is 4.86. The number of benzene rings is 2. The van der Waals surface area contributed by atoms with Crippen molar-refractivity contribution < 1.29 is 22.7 Å². The molecule has 0 atom stereocenters. The Morgan fingerprint density at radius 2 is 1.78 bits per heavy atom. The third-order valence-electron chi connectivity index (χ3n) is 7.46. The van der Waals surface area contributed by atoms with Crippen molar-refractivity contribution in [1.82, 2.24) is 20.1 Å². The van der Waals surface area contributed by atoms with Gasteiger partial charge in [0, 0.05) is 81.2 Å². The molecule has 45 heavy (non-hydrogen) atoms. The van der Waals surface area contributed by atoms with E-state index in [0.29, 0.717) is 41.2 Å². The minimum Gasteiger partial charge on any atom is -0.438 e. The van der Waals surface area contributed by atoms with E-state index in [1.807, 2.05) is 11.9 Å². The number of amidine groups is 2. The summed E-state index contributed by atoms with van der Waals surface area (Å²) >= 11 is 0. The van der Waals surface area contributed by atoms with E-state index in [1.54, 1.807) is 62.9 Å². The summed E-state index contributed by atoms with van der Waals surface area (Å²) < 4.78 is 48.4. The van der Waals surface area contributed by atoms with Gasteiger partial charge < -0.3 is 20.3 Å². The number of carbonyl (C=O) groups is 1. The number of ether oxygens (including phenoxy) is 1. The molecule has 2 aromatic carbocycles. The van der Waals surface area contributed by atoms with Gasteiger partial charge >= 0.3 is 6.18 Å². The zero-order valence-corrected chi connectivity index (χ0v) is 25.1. The van der Waals surface area contributed by atoms with Crippen LogP contribution >= 0.6 is 0 Å². The van der Waals surface area contributed by atoms with Crippen LogP contribution in [0.25, 0.3) is 0 Å². The average Bonchev–Trinajstić information content (AvgIpc) is 3.01. The summed E-state index contributed by atoms with van der Waals surface area (Å²) in [5.74, 6) is -0.0606. The molecule has 3 heterocycles. The molecule has 13 heteroatoms. The fourth-order valence-corrected chi connectivity index (χ4v) is 4.89. The van der Waals surface area contributed by atoms with Crippen LogP contribution in [0.15, 0.2) is 82.7 Å². The minimum atomic E-state index is -4.62. The Bertz CT molecular complexity index is 1680. The molecule has 234 valence electrons. The quantitative estimate of drug-likeness (QED) is 0.353. The average molecular weight is 619 g/mol. The van der Waals surface area contributed by atoms with Crippen LogP contribution in [0, 0.1) is 12.3 Å². The lowest BCUT2D eigenvalue weighted by atomic mass is 10.0. The van der Waals surface area contributed by atoms with Gasteiger partial charge in [0.15, 0.2) is 11.7 Å². The molecule has 1 fully saturated rings. The molecule has 1 saturated heterocycles. The number of aryl methyl sites for hydroxylation is 1. The van der Waals surface area contributed by atoms with E-state index in [-0.39, 0.29) is 35.2 Å². The zero-order chi connectivity index (χ0) is 32.1. The number of pyridine rings is 1. The first-order valence-electron chi connectivity index (χ1n) is 14.3. The highest BCUT2D eigenvalue weighted by Gasteiger charge is 2.35. The van der Waals surface area contributed by atoms with Crippen LogP contribution in [0.5, 0.6) is 5.75 Å². The maximum atomic E-state index is 14.1. The number of amides is 1. The summed E-state index contributed by atoms with van der Waals surface area (Å²) in [4.78, 5) is 30.1. The number of likely N-dealkylation sites (N-methyl/N-ethyl adjacent to an activating group) is 1. The summed E-state index contributed by atoms with van der Waals surface area (Å²) in [6, 6.07) is 12.0. The number of anilines is 1. The molecular formula is C32H33F3N8O2. The van der Waals surface area contributed by atoms with E-state index in [2.05, 4.69) is 30.5 Å². The van der Waals surface area contributed by atoms with E-state index < -0.39 is 17.6 Å². The number of piperazine rings is 1. The molecule has 10 nitrogen and oxygen atoms in total. The molecule has 2 aliphatic rings. The largest absolute Gasteiger partial charge is 0.438 e. The molecule has 1 amide bonds. The Morgan fingerprint density at radius 1 is 1.04 bits per heavy atom. The summed E-state index contributed by atoms with van der Waals surface area (Å²) in [5, 5.41) is 14.0.